The van der Waals surface area contributed by atoms with Crippen molar-refractivity contribution in [3.8, 4) is 0 Å². The van der Waals surface area contributed by atoms with E-state index in [0.29, 0.717) is 5.41 Å². The van der Waals surface area contributed by atoms with Gasteiger partial charge in [-0.3, -0.25) is 4.90 Å². The molecule has 5 aliphatic rings. The fourth-order valence-corrected chi connectivity index (χ4v) is 6.76. The van der Waals surface area contributed by atoms with Gasteiger partial charge in [0, 0.05) is 12.6 Å². The average Bonchev–Trinajstić information content (AvgIpc) is 2.46. The van der Waals surface area contributed by atoms with Crippen LogP contribution in [0, 0.1) is 23.2 Å². The minimum absolute atomic E-state index is 0.0574. The Morgan fingerprint density at radius 2 is 1.67 bits per heavy atom. The number of piperidine rings is 1. The molecule has 2 unspecified atom stereocenters. The summed E-state index contributed by atoms with van der Waals surface area (Å²) >= 11 is 0. The maximum atomic E-state index is 11.1. The Bertz CT molecular complexity index is 344. The second-order valence-corrected chi connectivity index (χ2v) is 8.85. The molecule has 0 amide bonds. The largest absolute Gasteiger partial charge is 0.391 e. The molecule has 1 heterocycles. The van der Waals surface area contributed by atoms with Crippen LogP contribution in [-0.2, 0) is 0 Å². The van der Waals surface area contributed by atoms with Crippen LogP contribution in [0.25, 0.3) is 0 Å². The zero-order valence-electron chi connectivity index (χ0n) is 13.8. The fourth-order valence-electron chi connectivity index (χ4n) is 6.76. The van der Waals surface area contributed by atoms with Gasteiger partial charge in [-0.2, -0.15) is 0 Å². The molecule has 0 radical (unpaired) electrons. The lowest BCUT2D eigenvalue weighted by molar-refractivity contribution is -0.130. The van der Waals surface area contributed by atoms with Crippen molar-refractivity contribution in [2.75, 3.05) is 13.1 Å². The van der Waals surface area contributed by atoms with Gasteiger partial charge in [0.25, 0.3) is 0 Å². The number of aliphatic hydroxyl groups is 1. The molecule has 4 aliphatic carbocycles. The molecule has 0 spiro atoms. The van der Waals surface area contributed by atoms with Crippen molar-refractivity contribution in [2.45, 2.75) is 83.3 Å². The third-order valence-electron chi connectivity index (χ3n) is 7.42. The molecule has 21 heavy (non-hydrogen) atoms. The first-order valence-electron chi connectivity index (χ1n) is 9.60. The number of hydrogen-bond acceptors (Lipinski definition) is 2. The number of likely N-dealkylation sites (tertiary alicyclic amines) is 1. The van der Waals surface area contributed by atoms with E-state index >= 15 is 0 Å². The quantitative estimate of drug-likeness (QED) is 0.851. The maximum absolute atomic E-state index is 11.1. The summed E-state index contributed by atoms with van der Waals surface area (Å²) in [6.45, 7) is 4.51. The summed E-state index contributed by atoms with van der Waals surface area (Å²) in [5.41, 5.74) is 0.310. The lowest BCUT2D eigenvalue weighted by Gasteiger charge is -2.59. The maximum Gasteiger partial charge on any atom is 0.0723 e. The number of rotatable bonds is 4. The summed E-state index contributed by atoms with van der Waals surface area (Å²) < 4.78 is 0. The summed E-state index contributed by atoms with van der Waals surface area (Å²) in [5, 5.41) is 11.1. The van der Waals surface area contributed by atoms with Gasteiger partial charge in [0.15, 0.2) is 0 Å². The van der Waals surface area contributed by atoms with Crippen molar-refractivity contribution in [3.63, 3.8) is 0 Å². The van der Waals surface area contributed by atoms with Crippen LogP contribution in [0.3, 0.4) is 0 Å². The molecule has 2 heteroatoms. The Hall–Kier alpha value is -0.0800. The molecule has 4 saturated carbocycles. The lowest BCUT2D eigenvalue weighted by Crippen LogP contribution is -2.55. The van der Waals surface area contributed by atoms with E-state index in [2.05, 4.69) is 11.8 Å². The van der Waals surface area contributed by atoms with Gasteiger partial charge in [-0.05, 0) is 87.5 Å². The highest BCUT2D eigenvalue weighted by atomic mass is 16.3. The molecule has 2 nitrogen and oxygen atoms in total. The van der Waals surface area contributed by atoms with E-state index in [1.807, 2.05) is 0 Å². The van der Waals surface area contributed by atoms with Crippen LogP contribution in [0.4, 0.5) is 0 Å². The standard InChI is InChI=1S/C19H33NO/c1-2-17-5-3-4-6-20(17)13-18(21)19-10-14-7-15(11-19)9-16(8-14)12-19/h14-18,21H,2-13H2,1H3. The number of nitrogens with zero attached hydrogens (tertiary/aromatic N) is 1. The molecule has 5 rings (SSSR count). The normalized spacial score (nSPS) is 47.7. The van der Waals surface area contributed by atoms with Gasteiger partial charge in [-0.1, -0.05) is 13.3 Å². The molecule has 2 atom stereocenters. The second-order valence-electron chi connectivity index (χ2n) is 8.85. The Kier molecular flexibility index (Phi) is 3.82. The van der Waals surface area contributed by atoms with E-state index in [1.165, 1.54) is 70.8 Å². The minimum atomic E-state index is -0.0574. The molecule has 1 saturated heterocycles. The zero-order valence-corrected chi connectivity index (χ0v) is 13.8. The summed E-state index contributed by atoms with van der Waals surface area (Å²) in [5.74, 6) is 2.86. The van der Waals surface area contributed by atoms with Crippen LogP contribution >= 0.6 is 0 Å². The van der Waals surface area contributed by atoms with Crippen molar-refractivity contribution in [2.24, 2.45) is 23.2 Å². The first kappa shape index (κ1) is 14.5. The van der Waals surface area contributed by atoms with Crippen molar-refractivity contribution in [3.05, 3.63) is 0 Å². The summed E-state index contributed by atoms with van der Waals surface area (Å²) in [7, 11) is 0. The van der Waals surface area contributed by atoms with E-state index in [0.717, 1.165) is 30.3 Å². The molecule has 120 valence electrons. The van der Waals surface area contributed by atoms with Gasteiger partial charge in [0.1, 0.15) is 0 Å². The third kappa shape index (κ3) is 2.57. The van der Waals surface area contributed by atoms with Gasteiger partial charge in [-0.15, -0.1) is 0 Å². The van der Waals surface area contributed by atoms with E-state index < -0.39 is 0 Å². The van der Waals surface area contributed by atoms with E-state index in [1.54, 1.807) is 0 Å². The number of aliphatic hydroxyl groups excluding tert-OH is 1. The summed E-state index contributed by atoms with van der Waals surface area (Å²) in [6.07, 6.45) is 13.7. The fraction of sp³-hybridized carbons (Fsp3) is 1.00. The Morgan fingerprint density at radius 3 is 2.24 bits per heavy atom. The van der Waals surface area contributed by atoms with E-state index in [4.69, 9.17) is 0 Å². The molecule has 5 fully saturated rings. The highest BCUT2D eigenvalue weighted by molar-refractivity contribution is 5.05. The molecular weight excluding hydrogens is 258 g/mol. The van der Waals surface area contributed by atoms with E-state index in [-0.39, 0.29) is 6.10 Å². The molecule has 0 aromatic heterocycles. The topological polar surface area (TPSA) is 23.5 Å². The minimum Gasteiger partial charge on any atom is -0.391 e. The SMILES string of the molecule is CCC1CCCCN1CC(O)C12CC3CC(CC(C3)C1)C2. The summed E-state index contributed by atoms with van der Waals surface area (Å²) in [4.78, 5) is 2.63. The molecule has 0 aromatic carbocycles. The van der Waals surface area contributed by atoms with Crippen LogP contribution < -0.4 is 0 Å². The predicted octanol–water partition coefficient (Wildman–Crippen LogP) is 3.83. The highest BCUT2D eigenvalue weighted by Gasteiger charge is 2.54. The van der Waals surface area contributed by atoms with Crippen LogP contribution in [0.15, 0.2) is 0 Å². The van der Waals surface area contributed by atoms with Crippen LogP contribution in [0.5, 0.6) is 0 Å². The average molecular weight is 291 g/mol. The van der Waals surface area contributed by atoms with Crippen LogP contribution in [0.1, 0.15) is 71.1 Å². The van der Waals surface area contributed by atoms with Crippen molar-refractivity contribution in [1.29, 1.82) is 0 Å². The molecule has 1 N–H and O–H groups in total. The van der Waals surface area contributed by atoms with Gasteiger partial charge < -0.3 is 5.11 Å². The van der Waals surface area contributed by atoms with Crippen molar-refractivity contribution >= 4 is 0 Å². The third-order valence-corrected chi connectivity index (χ3v) is 7.42. The number of hydrogen-bond donors (Lipinski definition) is 1. The highest BCUT2D eigenvalue weighted by Crippen LogP contribution is 2.61. The molecular formula is C19H33NO. The monoisotopic (exact) mass is 291 g/mol. The summed E-state index contributed by atoms with van der Waals surface area (Å²) in [6, 6.07) is 0.738. The Labute approximate surface area is 130 Å². The zero-order chi connectivity index (χ0) is 14.4. The molecule has 4 bridgehead atoms. The Morgan fingerprint density at radius 1 is 1.05 bits per heavy atom. The van der Waals surface area contributed by atoms with Gasteiger partial charge in [0.05, 0.1) is 6.10 Å². The molecule has 0 aromatic rings. The first-order valence-corrected chi connectivity index (χ1v) is 9.60. The Balaban J connectivity index is 1.45. The first-order chi connectivity index (χ1) is 10.2. The molecule has 1 aliphatic heterocycles. The smallest absolute Gasteiger partial charge is 0.0723 e. The predicted molar refractivity (Wildman–Crippen MR) is 86.1 cm³/mol. The van der Waals surface area contributed by atoms with E-state index in [9.17, 15) is 5.11 Å². The van der Waals surface area contributed by atoms with Gasteiger partial charge in [-0.25, -0.2) is 0 Å². The lowest BCUT2D eigenvalue weighted by atomic mass is 9.48. The van der Waals surface area contributed by atoms with Gasteiger partial charge >= 0.3 is 0 Å². The van der Waals surface area contributed by atoms with Crippen molar-refractivity contribution < 1.29 is 5.11 Å². The van der Waals surface area contributed by atoms with Crippen molar-refractivity contribution in [1.82, 2.24) is 4.90 Å². The van der Waals surface area contributed by atoms with Gasteiger partial charge in [0.2, 0.25) is 0 Å². The van der Waals surface area contributed by atoms with Crippen LogP contribution in [0.2, 0.25) is 0 Å². The number of β-amino-alcohol motifs (C(OH)–C–C–N with tert-alkyl or cyclic N) is 1. The van der Waals surface area contributed by atoms with Crippen LogP contribution in [-0.4, -0.2) is 35.2 Å². The second kappa shape index (κ2) is 5.53.